The Morgan fingerprint density at radius 1 is 1.41 bits per heavy atom. The Labute approximate surface area is 103 Å². The van der Waals surface area contributed by atoms with Gasteiger partial charge in [0.25, 0.3) is 0 Å². The van der Waals surface area contributed by atoms with Crippen molar-refractivity contribution in [1.29, 1.82) is 0 Å². The molecule has 17 heavy (non-hydrogen) atoms. The minimum atomic E-state index is 0.119. The highest BCUT2D eigenvalue weighted by molar-refractivity contribution is 5.74. The second-order valence-corrected chi connectivity index (χ2v) is 5.85. The molecule has 1 atom stereocenters. The highest BCUT2D eigenvalue weighted by atomic mass is 14.8. The molecule has 92 valence electrons. The SMILES string of the molecule is Cc1cnc(N)c(C2=CC(N)CC(C)(C)C2)c1. The smallest absolute Gasteiger partial charge is 0.130 e. The van der Waals surface area contributed by atoms with E-state index in [-0.39, 0.29) is 11.5 Å². The van der Waals surface area contributed by atoms with Crippen molar-refractivity contribution in [2.75, 3.05) is 5.73 Å². The fraction of sp³-hybridized carbons (Fsp3) is 0.500. The van der Waals surface area contributed by atoms with Crippen LogP contribution in [0.3, 0.4) is 0 Å². The standard InChI is InChI=1S/C14H21N3/c1-9-4-12(13(16)17-8-9)10-5-11(15)7-14(2,3)6-10/h4-5,8,11H,6-7,15H2,1-3H3,(H2,16,17). The number of nitrogens with zero attached hydrogens (tertiary/aromatic N) is 1. The first-order valence-corrected chi connectivity index (χ1v) is 6.06. The summed E-state index contributed by atoms with van der Waals surface area (Å²) in [6.07, 6.45) is 5.97. The molecule has 3 heteroatoms. The zero-order valence-corrected chi connectivity index (χ0v) is 10.8. The molecule has 0 aliphatic heterocycles. The van der Waals surface area contributed by atoms with E-state index in [2.05, 4.69) is 31.0 Å². The zero-order valence-electron chi connectivity index (χ0n) is 10.8. The van der Waals surface area contributed by atoms with Crippen molar-refractivity contribution in [3.05, 3.63) is 29.5 Å². The molecule has 1 aliphatic rings. The number of pyridine rings is 1. The van der Waals surface area contributed by atoms with Crippen molar-refractivity contribution < 1.29 is 0 Å². The molecule has 1 aromatic rings. The second-order valence-electron chi connectivity index (χ2n) is 5.85. The molecule has 0 saturated carbocycles. The van der Waals surface area contributed by atoms with E-state index in [9.17, 15) is 0 Å². The van der Waals surface area contributed by atoms with Gasteiger partial charge in [-0.2, -0.15) is 0 Å². The van der Waals surface area contributed by atoms with E-state index in [1.807, 2.05) is 6.92 Å². The second kappa shape index (κ2) is 4.15. The monoisotopic (exact) mass is 231 g/mol. The van der Waals surface area contributed by atoms with Crippen LogP contribution < -0.4 is 11.5 Å². The van der Waals surface area contributed by atoms with Crippen molar-refractivity contribution in [3.63, 3.8) is 0 Å². The molecule has 0 amide bonds. The van der Waals surface area contributed by atoms with Gasteiger partial charge in [-0.1, -0.05) is 19.9 Å². The summed E-state index contributed by atoms with van der Waals surface area (Å²) in [5.74, 6) is 0.603. The van der Waals surface area contributed by atoms with Crippen LogP contribution in [0.25, 0.3) is 5.57 Å². The van der Waals surface area contributed by atoms with Crippen molar-refractivity contribution in [3.8, 4) is 0 Å². The van der Waals surface area contributed by atoms with Crippen LogP contribution in [-0.2, 0) is 0 Å². The fourth-order valence-electron chi connectivity index (χ4n) is 2.62. The molecule has 3 nitrogen and oxygen atoms in total. The van der Waals surface area contributed by atoms with E-state index in [1.165, 1.54) is 5.57 Å². The number of aromatic nitrogens is 1. The van der Waals surface area contributed by atoms with Gasteiger partial charge < -0.3 is 11.5 Å². The summed E-state index contributed by atoms with van der Waals surface area (Å²) < 4.78 is 0. The van der Waals surface area contributed by atoms with Crippen LogP contribution in [0, 0.1) is 12.3 Å². The van der Waals surface area contributed by atoms with Gasteiger partial charge in [0, 0.05) is 17.8 Å². The number of allylic oxidation sites excluding steroid dienone is 1. The lowest BCUT2D eigenvalue weighted by Crippen LogP contribution is -2.30. The lowest BCUT2D eigenvalue weighted by atomic mass is 9.74. The molecule has 2 rings (SSSR count). The quantitative estimate of drug-likeness (QED) is 0.780. The third-order valence-corrected chi connectivity index (χ3v) is 3.27. The van der Waals surface area contributed by atoms with Gasteiger partial charge in [0.2, 0.25) is 0 Å². The topological polar surface area (TPSA) is 64.9 Å². The Bertz CT molecular complexity index is 461. The molecular formula is C14H21N3. The average molecular weight is 231 g/mol. The minimum absolute atomic E-state index is 0.119. The first-order chi connectivity index (χ1) is 7.87. The largest absolute Gasteiger partial charge is 0.383 e. The van der Waals surface area contributed by atoms with Crippen molar-refractivity contribution in [2.45, 2.75) is 39.7 Å². The number of hydrogen-bond donors (Lipinski definition) is 2. The van der Waals surface area contributed by atoms with Crippen LogP contribution in [0.2, 0.25) is 0 Å². The predicted molar refractivity (Wildman–Crippen MR) is 72.4 cm³/mol. The van der Waals surface area contributed by atoms with Gasteiger partial charge in [0.15, 0.2) is 0 Å². The van der Waals surface area contributed by atoms with Crippen LogP contribution in [-0.4, -0.2) is 11.0 Å². The van der Waals surface area contributed by atoms with Crippen LogP contribution in [0.4, 0.5) is 5.82 Å². The number of rotatable bonds is 1. The van der Waals surface area contributed by atoms with Crippen molar-refractivity contribution in [1.82, 2.24) is 4.98 Å². The molecule has 1 aliphatic carbocycles. The summed E-state index contributed by atoms with van der Waals surface area (Å²) in [6, 6.07) is 2.22. The molecular weight excluding hydrogens is 210 g/mol. The Hall–Kier alpha value is -1.35. The Kier molecular flexibility index (Phi) is 2.96. The van der Waals surface area contributed by atoms with E-state index in [4.69, 9.17) is 11.5 Å². The Balaban J connectivity index is 2.43. The van der Waals surface area contributed by atoms with E-state index < -0.39 is 0 Å². The highest BCUT2D eigenvalue weighted by Crippen LogP contribution is 2.40. The van der Waals surface area contributed by atoms with Gasteiger partial charge in [-0.25, -0.2) is 4.98 Å². The first-order valence-electron chi connectivity index (χ1n) is 6.06. The number of anilines is 1. The number of nitrogen functional groups attached to an aromatic ring is 1. The molecule has 1 aromatic heterocycles. The number of nitrogens with two attached hydrogens (primary N) is 2. The summed E-state index contributed by atoms with van der Waals surface area (Å²) in [5.41, 5.74) is 15.7. The summed E-state index contributed by atoms with van der Waals surface area (Å²) in [6.45, 7) is 6.53. The lowest BCUT2D eigenvalue weighted by molar-refractivity contribution is 0.319. The first kappa shape index (κ1) is 12.1. The molecule has 0 saturated heterocycles. The van der Waals surface area contributed by atoms with E-state index in [0.717, 1.165) is 24.0 Å². The minimum Gasteiger partial charge on any atom is -0.383 e. The average Bonchev–Trinajstić information content (AvgIpc) is 2.18. The normalized spacial score (nSPS) is 23.3. The molecule has 4 N–H and O–H groups in total. The fourth-order valence-corrected chi connectivity index (χ4v) is 2.62. The molecule has 0 spiro atoms. The molecule has 0 radical (unpaired) electrons. The van der Waals surface area contributed by atoms with Gasteiger partial charge in [-0.3, -0.25) is 0 Å². The third kappa shape index (κ3) is 2.67. The van der Waals surface area contributed by atoms with E-state index >= 15 is 0 Å². The van der Waals surface area contributed by atoms with Gasteiger partial charge in [0.1, 0.15) is 5.82 Å². The Morgan fingerprint density at radius 3 is 2.76 bits per heavy atom. The lowest BCUT2D eigenvalue weighted by Gasteiger charge is -2.33. The van der Waals surface area contributed by atoms with E-state index in [1.54, 1.807) is 6.20 Å². The maximum Gasteiger partial charge on any atom is 0.130 e. The molecule has 1 unspecified atom stereocenters. The molecule has 1 heterocycles. The van der Waals surface area contributed by atoms with Gasteiger partial charge >= 0.3 is 0 Å². The summed E-state index contributed by atoms with van der Waals surface area (Å²) in [7, 11) is 0. The third-order valence-electron chi connectivity index (χ3n) is 3.27. The molecule has 0 fully saturated rings. The van der Waals surface area contributed by atoms with Crippen LogP contribution in [0.1, 0.15) is 37.8 Å². The van der Waals surface area contributed by atoms with E-state index in [0.29, 0.717) is 5.82 Å². The Morgan fingerprint density at radius 2 is 2.12 bits per heavy atom. The zero-order chi connectivity index (χ0) is 12.6. The molecule has 0 bridgehead atoms. The number of hydrogen-bond acceptors (Lipinski definition) is 3. The summed E-state index contributed by atoms with van der Waals surface area (Å²) in [4.78, 5) is 4.22. The van der Waals surface area contributed by atoms with Crippen LogP contribution in [0.5, 0.6) is 0 Å². The molecule has 0 aromatic carbocycles. The maximum absolute atomic E-state index is 6.09. The van der Waals surface area contributed by atoms with Gasteiger partial charge in [-0.05, 0) is 42.4 Å². The predicted octanol–water partition coefficient (Wildman–Crippen LogP) is 2.50. The summed E-state index contributed by atoms with van der Waals surface area (Å²) >= 11 is 0. The maximum atomic E-state index is 6.09. The van der Waals surface area contributed by atoms with Crippen molar-refractivity contribution in [2.24, 2.45) is 11.1 Å². The van der Waals surface area contributed by atoms with Crippen LogP contribution in [0.15, 0.2) is 18.3 Å². The van der Waals surface area contributed by atoms with Gasteiger partial charge in [-0.15, -0.1) is 0 Å². The van der Waals surface area contributed by atoms with Crippen molar-refractivity contribution >= 4 is 11.4 Å². The summed E-state index contributed by atoms with van der Waals surface area (Å²) in [5, 5.41) is 0. The number of aryl methyl sites for hydroxylation is 1. The van der Waals surface area contributed by atoms with Crippen LogP contribution >= 0.6 is 0 Å². The highest BCUT2D eigenvalue weighted by Gasteiger charge is 2.28. The van der Waals surface area contributed by atoms with Gasteiger partial charge in [0.05, 0.1) is 0 Å².